The molecule has 0 fully saturated rings. The van der Waals surface area contributed by atoms with Crippen LogP contribution in [-0.4, -0.2) is 26.4 Å². The summed E-state index contributed by atoms with van der Waals surface area (Å²) in [6.07, 6.45) is 1.75. The van der Waals surface area contributed by atoms with Crippen LogP contribution in [-0.2, 0) is 17.9 Å². The normalized spacial score (nSPS) is 10.6. The lowest BCUT2D eigenvalue weighted by Gasteiger charge is -2.10. The summed E-state index contributed by atoms with van der Waals surface area (Å²) < 4.78 is 8.46. The number of benzene rings is 2. The van der Waals surface area contributed by atoms with Gasteiger partial charge in [0.05, 0.1) is 11.4 Å². The smallest absolute Gasteiger partial charge is 0.234 e. The molecule has 3 rings (SSSR count). The number of thioether (sulfide) groups is 1. The van der Waals surface area contributed by atoms with Crippen molar-refractivity contribution < 1.29 is 9.53 Å². The molecule has 0 aliphatic rings. The first-order valence-electron chi connectivity index (χ1n) is 8.65. The van der Waals surface area contributed by atoms with E-state index in [9.17, 15) is 4.79 Å². The van der Waals surface area contributed by atoms with Crippen LogP contribution in [0.15, 0.2) is 70.8 Å². The van der Waals surface area contributed by atoms with Crippen LogP contribution in [0, 0.1) is 0 Å². The Morgan fingerprint density at radius 2 is 2.00 bits per heavy atom. The molecular formula is C20H18BrClN4O2S. The Labute approximate surface area is 186 Å². The van der Waals surface area contributed by atoms with E-state index < -0.39 is 0 Å². The third kappa shape index (κ3) is 6.09. The van der Waals surface area contributed by atoms with E-state index in [1.165, 1.54) is 11.8 Å². The van der Waals surface area contributed by atoms with Crippen molar-refractivity contribution in [2.75, 3.05) is 11.1 Å². The van der Waals surface area contributed by atoms with E-state index in [0.717, 1.165) is 10.2 Å². The molecule has 0 spiro atoms. The number of carbonyl (C=O) groups excluding carboxylic acids is 1. The number of amides is 1. The van der Waals surface area contributed by atoms with Gasteiger partial charge in [0.25, 0.3) is 0 Å². The van der Waals surface area contributed by atoms with Crippen molar-refractivity contribution in [3.63, 3.8) is 0 Å². The minimum absolute atomic E-state index is 0.131. The molecule has 0 radical (unpaired) electrons. The number of hydrogen-bond acceptors (Lipinski definition) is 5. The fourth-order valence-corrected chi connectivity index (χ4v) is 3.68. The standard InChI is InChI=1S/C20H18BrClN4O2S/c1-2-11-26-18(12-28-15-9-7-14(22)8-10-15)24-25-20(26)29-13-19(27)23-17-6-4-3-5-16(17)21/h2-10H,1,11-13H2,(H,23,27). The van der Waals surface area contributed by atoms with Crippen molar-refractivity contribution in [2.24, 2.45) is 0 Å². The fraction of sp³-hybridized carbons (Fsp3) is 0.150. The minimum atomic E-state index is -0.131. The summed E-state index contributed by atoms with van der Waals surface area (Å²) in [6.45, 7) is 4.54. The Balaban J connectivity index is 1.61. The molecule has 6 nitrogen and oxygen atoms in total. The molecule has 1 aromatic heterocycles. The van der Waals surface area contributed by atoms with Gasteiger partial charge in [0.15, 0.2) is 11.0 Å². The van der Waals surface area contributed by atoms with Crippen LogP contribution in [0.5, 0.6) is 5.75 Å². The van der Waals surface area contributed by atoms with Crippen LogP contribution in [0.4, 0.5) is 5.69 Å². The molecule has 3 aromatic rings. The summed E-state index contributed by atoms with van der Waals surface area (Å²) in [4.78, 5) is 12.3. The highest BCUT2D eigenvalue weighted by atomic mass is 79.9. The van der Waals surface area contributed by atoms with E-state index >= 15 is 0 Å². The number of hydrogen-bond donors (Lipinski definition) is 1. The van der Waals surface area contributed by atoms with Gasteiger partial charge in [0, 0.05) is 16.0 Å². The predicted molar refractivity (Wildman–Crippen MR) is 119 cm³/mol. The minimum Gasteiger partial charge on any atom is -0.486 e. The Bertz CT molecular complexity index is 994. The average molecular weight is 494 g/mol. The molecule has 1 amide bonds. The number of allylic oxidation sites excluding steroid dienone is 1. The van der Waals surface area contributed by atoms with Crippen LogP contribution in [0.1, 0.15) is 5.82 Å². The van der Waals surface area contributed by atoms with Gasteiger partial charge < -0.3 is 10.1 Å². The lowest BCUT2D eigenvalue weighted by Crippen LogP contribution is -2.15. The Morgan fingerprint density at radius 3 is 2.72 bits per heavy atom. The first kappa shape index (κ1) is 21.4. The molecule has 1 N–H and O–H groups in total. The maximum atomic E-state index is 12.3. The highest BCUT2D eigenvalue weighted by molar-refractivity contribution is 9.10. The quantitative estimate of drug-likeness (QED) is 0.328. The monoisotopic (exact) mass is 492 g/mol. The van der Waals surface area contributed by atoms with Crippen molar-refractivity contribution in [2.45, 2.75) is 18.3 Å². The number of rotatable bonds is 9. The molecule has 0 saturated heterocycles. The Kier molecular flexibility index (Phi) is 7.74. The zero-order valence-electron chi connectivity index (χ0n) is 15.3. The van der Waals surface area contributed by atoms with E-state index in [1.54, 1.807) is 30.3 Å². The first-order valence-corrected chi connectivity index (χ1v) is 10.8. The zero-order chi connectivity index (χ0) is 20.6. The molecule has 0 atom stereocenters. The molecule has 0 bridgehead atoms. The Hall–Kier alpha value is -2.29. The lowest BCUT2D eigenvalue weighted by atomic mass is 10.3. The number of carbonyl (C=O) groups is 1. The van der Waals surface area contributed by atoms with Gasteiger partial charge in [0.1, 0.15) is 12.4 Å². The van der Waals surface area contributed by atoms with E-state index in [1.807, 2.05) is 28.8 Å². The zero-order valence-corrected chi connectivity index (χ0v) is 18.5. The van der Waals surface area contributed by atoms with Gasteiger partial charge in [-0.3, -0.25) is 9.36 Å². The van der Waals surface area contributed by atoms with Crippen molar-refractivity contribution in [1.29, 1.82) is 0 Å². The first-order chi connectivity index (χ1) is 14.1. The number of anilines is 1. The van der Waals surface area contributed by atoms with Gasteiger partial charge in [0.2, 0.25) is 5.91 Å². The third-order valence-corrected chi connectivity index (χ3v) is 5.68. The van der Waals surface area contributed by atoms with Crippen molar-refractivity contribution >= 4 is 50.9 Å². The maximum absolute atomic E-state index is 12.3. The fourth-order valence-electron chi connectivity index (χ4n) is 2.40. The van der Waals surface area contributed by atoms with Crippen molar-refractivity contribution in [1.82, 2.24) is 14.8 Å². The molecule has 0 aliphatic carbocycles. The molecule has 1 heterocycles. The maximum Gasteiger partial charge on any atom is 0.234 e. The van der Waals surface area contributed by atoms with Gasteiger partial charge in [-0.2, -0.15) is 0 Å². The molecule has 0 saturated carbocycles. The summed E-state index contributed by atoms with van der Waals surface area (Å²) in [7, 11) is 0. The Morgan fingerprint density at radius 1 is 1.24 bits per heavy atom. The van der Waals surface area contributed by atoms with Gasteiger partial charge in [-0.05, 0) is 52.3 Å². The number of halogens is 2. The van der Waals surface area contributed by atoms with E-state index in [4.69, 9.17) is 16.3 Å². The van der Waals surface area contributed by atoms with Crippen molar-refractivity contribution in [3.05, 3.63) is 76.5 Å². The largest absolute Gasteiger partial charge is 0.486 e. The number of para-hydroxylation sites is 1. The molecule has 0 aliphatic heterocycles. The van der Waals surface area contributed by atoms with Crippen molar-refractivity contribution in [3.8, 4) is 5.75 Å². The second-order valence-electron chi connectivity index (χ2n) is 5.86. The van der Waals surface area contributed by atoms with Crippen LogP contribution in [0.3, 0.4) is 0 Å². The average Bonchev–Trinajstić information content (AvgIpc) is 3.10. The number of aromatic nitrogens is 3. The van der Waals surface area contributed by atoms with Crippen LogP contribution in [0.2, 0.25) is 5.02 Å². The second-order valence-corrected chi connectivity index (χ2v) is 8.09. The van der Waals surface area contributed by atoms with E-state index in [2.05, 4.69) is 38.0 Å². The second kappa shape index (κ2) is 10.5. The number of nitrogens with zero attached hydrogens (tertiary/aromatic N) is 3. The molecule has 150 valence electrons. The van der Waals surface area contributed by atoms with Crippen LogP contribution >= 0.6 is 39.3 Å². The summed E-state index contributed by atoms with van der Waals surface area (Å²) in [5, 5.41) is 12.5. The highest BCUT2D eigenvalue weighted by Gasteiger charge is 2.14. The van der Waals surface area contributed by atoms with Gasteiger partial charge in [-0.1, -0.05) is 41.6 Å². The van der Waals surface area contributed by atoms with E-state index in [0.29, 0.717) is 28.3 Å². The molecule has 0 unspecified atom stereocenters. The third-order valence-electron chi connectivity index (χ3n) is 3.77. The number of nitrogens with one attached hydrogen (secondary N) is 1. The molecule has 9 heteroatoms. The highest BCUT2D eigenvalue weighted by Crippen LogP contribution is 2.23. The topological polar surface area (TPSA) is 69.0 Å². The summed E-state index contributed by atoms with van der Waals surface area (Å²) in [5.74, 6) is 1.40. The summed E-state index contributed by atoms with van der Waals surface area (Å²) in [6, 6.07) is 14.6. The SMILES string of the molecule is C=CCn1c(COc2ccc(Cl)cc2)nnc1SCC(=O)Nc1ccccc1Br. The van der Waals surface area contributed by atoms with Gasteiger partial charge in [-0.15, -0.1) is 16.8 Å². The molecule has 2 aromatic carbocycles. The summed E-state index contributed by atoms with van der Waals surface area (Å²) in [5.41, 5.74) is 0.725. The molecular weight excluding hydrogens is 476 g/mol. The van der Waals surface area contributed by atoms with E-state index in [-0.39, 0.29) is 18.3 Å². The van der Waals surface area contributed by atoms with Gasteiger partial charge in [-0.25, -0.2) is 0 Å². The van der Waals surface area contributed by atoms with Crippen LogP contribution < -0.4 is 10.1 Å². The summed E-state index contributed by atoms with van der Waals surface area (Å²) >= 11 is 10.6. The van der Waals surface area contributed by atoms with Gasteiger partial charge >= 0.3 is 0 Å². The molecule has 29 heavy (non-hydrogen) atoms. The lowest BCUT2D eigenvalue weighted by molar-refractivity contribution is -0.113. The number of ether oxygens (including phenoxy) is 1. The predicted octanol–water partition coefficient (Wildman–Crippen LogP) is 5.19. The van der Waals surface area contributed by atoms with Crippen LogP contribution in [0.25, 0.3) is 0 Å².